The van der Waals surface area contributed by atoms with Crippen molar-refractivity contribution in [3.8, 4) is 0 Å². The third-order valence-corrected chi connectivity index (χ3v) is 9.05. The Kier molecular flexibility index (Phi) is 20.6. The maximum Gasteiger partial charge on any atom is 0.330 e. The van der Waals surface area contributed by atoms with Crippen molar-refractivity contribution in [3.63, 3.8) is 0 Å². The van der Waals surface area contributed by atoms with Crippen LogP contribution in [-0.4, -0.2) is 43.6 Å². The highest BCUT2D eigenvalue weighted by Gasteiger charge is 2.20. The summed E-state index contributed by atoms with van der Waals surface area (Å²) in [5.74, 6) is -0.696. The lowest BCUT2D eigenvalue weighted by atomic mass is 10.1. The molecule has 0 saturated carbocycles. The molecule has 0 fully saturated rings. The normalized spacial score (nSPS) is 11.2. The van der Waals surface area contributed by atoms with Crippen LogP contribution in [0.5, 0.6) is 0 Å². The average molecular weight is 471 g/mol. The third kappa shape index (κ3) is 19.3. The standard InChI is InChI=1S/C26H47O5P/c1-4-7-22-32(29,23-18-14-10-8-12-16-20-30-25(27)5-2)24-19-15-11-9-13-17-21-31-26(28)6-3/h5-6H,2-4,7-24H2,1H3. The van der Waals surface area contributed by atoms with Crippen LogP contribution in [0.2, 0.25) is 0 Å². The van der Waals surface area contributed by atoms with E-state index < -0.39 is 7.14 Å². The molecule has 0 aromatic heterocycles. The van der Waals surface area contributed by atoms with Crippen molar-refractivity contribution in [1.82, 2.24) is 0 Å². The summed E-state index contributed by atoms with van der Waals surface area (Å²) in [4.78, 5) is 21.9. The zero-order valence-electron chi connectivity index (χ0n) is 20.5. The van der Waals surface area contributed by atoms with E-state index in [4.69, 9.17) is 9.47 Å². The monoisotopic (exact) mass is 470 g/mol. The zero-order chi connectivity index (χ0) is 23.9. The van der Waals surface area contributed by atoms with Gasteiger partial charge in [-0.25, -0.2) is 9.59 Å². The van der Waals surface area contributed by atoms with Crippen LogP contribution in [0.4, 0.5) is 0 Å². The van der Waals surface area contributed by atoms with Crippen molar-refractivity contribution in [2.75, 3.05) is 31.7 Å². The molecule has 0 rings (SSSR count). The zero-order valence-corrected chi connectivity index (χ0v) is 21.4. The van der Waals surface area contributed by atoms with Crippen molar-refractivity contribution in [1.29, 1.82) is 0 Å². The summed E-state index contributed by atoms with van der Waals surface area (Å²) in [7, 11) is -2.03. The molecule has 0 aliphatic carbocycles. The SMILES string of the molecule is C=CC(=O)OCCCCCCCCP(=O)(CCCC)CCCCCCCCOC(=O)C=C. The molecule has 0 radical (unpaired) electrons. The van der Waals surface area contributed by atoms with Gasteiger partial charge in [-0.3, -0.25) is 0 Å². The fourth-order valence-corrected chi connectivity index (χ4v) is 6.83. The van der Waals surface area contributed by atoms with Crippen LogP contribution < -0.4 is 0 Å². The van der Waals surface area contributed by atoms with Crippen LogP contribution in [0, 0.1) is 0 Å². The highest BCUT2D eigenvalue weighted by molar-refractivity contribution is 7.63. The first kappa shape index (κ1) is 30.6. The lowest BCUT2D eigenvalue weighted by Crippen LogP contribution is -2.02. The Hall–Kier alpha value is -1.35. The smallest absolute Gasteiger partial charge is 0.330 e. The van der Waals surface area contributed by atoms with Gasteiger partial charge in [-0.05, 0) is 32.1 Å². The molecule has 0 aromatic rings. The molecule has 0 atom stereocenters. The van der Waals surface area contributed by atoms with Crippen LogP contribution in [-0.2, 0) is 23.6 Å². The van der Waals surface area contributed by atoms with Crippen molar-refractivity contribution in [2.24, 2.45) is 0 Å². The number of hydrogen-bond acceptors (Lipinski definition) is 5. The minimum absolute atomic E-state index is 0.348. The molecule has 0 spiro atoms. The molecule has 5 nitrogen and oxygen atoms in total. The molecular formula is C26H47O5P. The Morgan fingerprint density at radius 2 is 0.969 bits per heavy atom. The van der Waals surface area contributed by atoms with Gasteiger partial charge in [0.15, 0.2) is 0 Å². The van der Waals surface area contributed by atoms with E-state index in [9.17, 15) is 14.2 Å². The van der Waals surface area contributed by atoms with Crippen molar-refractivity contribution in [3.05, 3.63) is 25.3 Å². The summed E-state index contributed by atoms with van der Waals surface area (Å²) in [5, 5.41) is 0. The Bertz CT molecular complexity index is 516. The molecule has 0 heterocycles. The predicted octanol–water partition coefficient (Wildman–Crippen LogP) is 7.29. The second-order valence-electron chi connectivity index (χ2n) is 8.57. The lowest BCUT2D eigenvalue weighted by Gasteiger charge is -2.18. The molecule has 0 bridgehead atoms. The molecule has 0 aromatic carbocycles. The maximum atomic E-state index is 13.4. The van der Waals surface area contributed by atoms with E-state index in [2.05, 4.69) is 20.1 Å². The highest BCUT2D eigenvalue weighted by Crippen LogP contribution is 2.48. The summed E-state index contributed by atoms with van der Waals surface area (Å²) >= 11 is 0. The molecule has 0 unspecified atom stereocenters. The van der Waals surface area contributed by atoms with E-state index in [-0.39, 0.29) is 11.9 Å². The summed E-state index contributed by atoms with van der Waals surface area (Å²) in [6.07, 6.45) is 20.2. The highest BCUT2D eigenvalue weighted by atomic mass is 31.2. The van der Waals surface area contributed by atoms with Gasteiger partial charge < -0.3 is 14.0 Å². The van der Waals surface area contributed by atoms with E-state index in [0.717, 1.165) is 108 Å². The number of ether oxygens (including phenoxy) is 2. The molecule has 32 heavy (non-hydrogen) atoms. The number of rotatable bonds is 23. The Labute approximate surface area is 196 Å². The van der Waals surface area contributed by atoms with Crippen LogP contribution >= 0.6 is 7.14 Å². The lowest BCUT2D eigenvalue weighted by molar-refractivity contribution is -0.138. The summed E-state index contributed by atoms with van der Waals surface area (Å²) < 4.78 is 23.3. The van der Waals surface area contributed by atoms with Gasteiger partial charge in [0.05, 0.1) is 20.4 Å². The van der Waals surface area contributed by atoms with Crippen LogP contribution in [0.15, 0.2) is 25.3 Å². The number of carbonyl (C=O) groups is 2. The molecule has 0 aliphatic rings. The Morgan fingerprint density at radius 1 is 0.625 bits per heavy atom. The largest absolute Gasteiger partial charge is 0.463 e. The van der Waals surface area contributed by atoms with E-state index in [1.807, 2.05) is 0 Å². The van der Waals surface area contributed by atoms with Gasteiger partial charge in [0.25, 0.3) is 0 Å². The number of unbranched alkanes of at least 4 members (excludes halogenated alkanes) is 11. The van der Waals surface area contributed by atoms with Crippen molar-refractivity contribution < 1.29 is 23.6 Å². The van der Waals surface area contributed by atoms with Crippen molar-refractivity contribution in [2.45, 2.75) is 96.8 Å². The summed E-state index contributed by atoms with van der Waals surface area (Å²) in [6, 6.07) is 0. The first-order valence-electron chi connectivity index (χ1n) is 12.6. The number of carbonyl (C=O) groups excluding carboxylic acids is 2. The predicted molar refractivity (Wildman–Crippen MR) is 135 cm³/mol. The van der Waals surface area contributed by atoms with Gasteiger partial charge in [0, 0.05) is 30.6 Å². The molecule has 0 aliphatic heterocycles. The minimum atomic E-state index is -2.03. The third-order valence-electron chi connectivity index (χ3n) is 5.66. The van der Waals surface area contributed by atoms with Gasteiger partial charge in [0.2, 0.25) is 0 Å². The van der Waals surface area contributed by atoms with Crippen LogP contribution in [0.3, 0.4) is 0 Å². The van der Waals surface area contributed by atoms with Gasteiger partial charge in [-0.1, -0.05) is 77.9 Å². The first-order chi connectivity index (χ1) is 15.5. The summed E-state index contributed by atoms with van der Waals surface area (Å²) in [6.45, 7) is 9.88. The van der Waals surface area contributed by atoms with Crippen LogP contribution in [0.25, 0.3) is 0 Å². The fraction of sp³-hybridized carbons (Fsp3) is 0.769. The maximum absolute atomic E-state index is 13.4. The van der Waals surface area contributed by atoms with Gasteiger partial charge in [0.1, 0.15) is 0 Å². The van der Waals surface area contributed by atoms with E-state index >= 15 is 0 Å². The first-order valence-corrected chi connectivity index (χ1v) is 14.9. The topological polar surface area (TPSA) is 69.7 Å². The Balaban J connectivity index is 3.82. The molecule has 0 saturated heterocycles. The van der Waals surface area contributed by atoms with Gasteiger partial charge in [-0.15, -0.1) is 0 Å². The van der Waals surface area contributed by atoms with E-state index in [1.54, 1.807) is 0 Å². The van der Waals surface area contributed by atoms with Crippen LogP contribution in [0.1, 0.15) is 96.8 Å². The quantitative estimate of drug-likeness (QED) is 0.0679. The van der Waals surface area contributed by atoms with E-state index in [1.165, 1.54) is 12.2 Å². The minimum Gasteiger partial charge on any atom is -0.463 e. The Morgan fingerprint density at radius 3 is 1.34 bits per heavy atom. The second kappa shape index (κ2) is 21.5. The van der Waals surface area contributed by atoms with E-state index in [0.29, 0.717) is 13.2 Å². The second-order valence-corrected chi connectivity index (χ2v) is 12.0. The van der Waals surface area contributed by atoms with Crippen molar-refractivity contribution >= 4 is 19.1 Å². The summed E-state index contributed by atoms with van der Waals surface area (Å²) in [5.41, 5.74) is 0. The number of esters is 2. The number of hydrogen-bond donors (Lipinski definition) is 0. The molecule has 0 amide bonds. The molecule has 186 valence electrons. The van der Waals surface area contributed by atoms with Gasteiger partial charge >= 0.3 is 11.9 Å². The fourth-order valence-electron chi connectivity index (χ4n) is 3.66. The molecule has 0 N–H and O–H groups in total. The average Bonchev–Trinajstić information content (AvgIpc) is 2.80. The van der Waals surface area contributed by atoms with Gasteiger partial charge in [-0.2, -0.15) is 0 Å². The molecular weight excluding hydrogens is 423 g/mol. The molecule has 6 heteroatoms.